The summed E-state index contributed by atoms with van der Waals surface area (Å²) in [6.07, 6.45) is 3.12. The molecular weight excluding hydrogens is 238 g/mol. The van der Waals surface area contributed by atoms with Gasteiger partial charge in [-0.05, 0) is 37.3 Å². The predicted molar refractivity (Wildman–Crippen MR) is 72.0 cm³/mol. The highest BCUT2D eigenvalue weighted by Crippen LogP contribution is 2.53. The molecule has 19 heavy (non-hydrogen) atoms. The molecule has 0 bridgehead atoms. The van der Waals surface area contributed by atoms with E-state index >= 15 is 0 Å². The predicted octanol–water partition coefficient (Wildman–Crippen LogP) is 2.03. The van der Waals surface area contributed by atoms with Crippen molar-refractivity contribution in [3.05, 3.63) is 35.4 Å². The zero-order chi connectivity index (χ0) is 13.1. The van der Waals surface area contributed by atoms with Crippen LogP contribution in [0.3, 0.4) is 0 Å². The summed E-state index contributed by atoms with van der Waals surface area (Å²) in [5, 5.41) is 0. The Morgan fingerprint density at radius 1 is 1.21 bits per heavy atom. The smallest absolute Gasteiger partial charge is 0.233 e. The van der Waals surface area contributed by atoms with Crippen LogP contribution in [-0.2, 0) is 14.9 Å². The van der Waals surface area contributed by atoms with Gasteiger partial charge >= 0.3 is 0 Å². The molecule has 1 amide bonds. The van der Waals surface area contributed by atoms with Crippen molar-refractivity contribution in [2.75, 3.05) is 19.8 Å². The third-order valence-corrected chi connectivity index (χ3v) is 5.18. The molecule has 0 aromatic heterocycles. The van der Waals surface area contributed by atoms with Crippen LogP contribution in [-0.4, -0.2) is 36.1 Å². The van der Waals surface area contributed by atoms with Crippen LogP contribution < -0.4 is 0 Å². The fourth-order valence-electron chi connectivity index (χ4n) is 3.59. The summed E-state index contributed by atoms with van der Waals surface area (Å²) in [5.41, 5.74) is 2.33. The maximum absolute atomic E-state index is 12.9. The van der Waals surface area contributed by atoms with Gasteiger partial charge in [-0.2, -0.15) is 0 Å². The molecule has 1 aliphatic carbocycles. The maximum atomic E-state index is 12.9. The SMILES string of the molecule is Cc1ccccc1C1(C(=O)N2CCC23COC3)CC1. The largest absolute Gasteiger partial charge is 0.376 e. The van der Waals surface area contributed by atoms with E-state index in [0.717, 1.165) is 39.0 Å². The molecule has 0 atom stereocenters. The van der Waals surface area contributed by atoms with Crippen molar-refractivity contribution in [1.29, 1.82) is 0 Å². The minimum atomic E-state index is -0.214. The van der Waals surface area contributed by atoms with Crippen molar-refractivity contribution in [2.45, 2.75) is 37.1 Å². The second kappa shape index (κ2) is 3.60. The lowest BCUT2D eigenvalue weighted by atomic mass is 9.79. The first-order chi connectivity index (χ1) is 9.18. The van der Waals surface area contributed by atoms with Gasteiger partial charge in [-0.25, -0.2) is 0 Å². The Morgan fingerprint density at radius 2 is 1.95 bits per heavy atom. The number of ether oxygens (including phenoxy) is 1. The molecule has 3 fully saturated rings. The summed E-state index contributed by atoms with van der Waals surface area (Å²) in [6.45, 7) is 4.50. The topological polar surface area (TPSA) is 29.5 Å². The molecule has 1 spiro atoms. The number of amides is 1. The van der Waals surface area contributed by atoms with Gasteiger partial charge in [-0.1, -0.05) is 24.3 Å². The third kappa shape index (κ3) is 1.39. The van der Waals surface area contributed by atoms with E-state index in [1.54, 1.807) is 0 Å². The molecule has 100 valence electrons. The van der Waals surface area contributed by atoms with Crippen molar-refractivity contribution in [1.82, 2.24) is 4.90 Å². The van der Waals surface area contributed by atoms with E-state index in [0.29, 0.717) is 5.91 Å². The molecular formula is C16H19NO2. The minimum absolute atomic E-state index is 0.0648. The van der Waals surface area contributed by atoms with E-state index in [1.807, 2.05) is 12.1 Å². The summed E-state index contributed by atoms with van der Waals surface area (Å²) in [7, 11) is 0. The Kier molecular flexibility index (Phi) is 2.17. The summed E-state index contributed by atoms with van der Waals surface area (Å²) < 4.78 is 5.33. The number of hydrogen-bond donors (Lipinski definition) is 0. The number of rotatable bonds is 2. The summed E-state index contributed by atoms with van der Waals surface area (Å²) in [5.74, 6) is 0.344. The number of aryl methyl sites for hydroxylation is 1. The van der Waals surface area contributed by atoms with Gasteiger partial charge in [0, 0.05) is 6.54 Å². The Morgan fingerprint density at radius 3 is 2.42 bits per heavy atom. The van der Waals surface area contributed by atoms with Crippen LogP contribution in [0.2, 0.25) is 0 Å². The normalized spacial score (nSPS) is 25.6. The van der Waals surface area contributed by atoms with Crippen molar-refractivity contribution >= 4 is 5.91 Å². The molecule has 1 aromatic carbocycles. The zero-order valence-corrected chi connectivity index (χ0v) is 11.3. The van der Waals surface area contributed by atoms with Gasteiger partial charge in [-0.15, -0.1) is 0 Å². The van der Waals surface area contributed by atoms with E-state index in [2.05, 4.69) is 24.0 Å². The number of carbonyl (C=O) groups excluding carboxylic acids is 1. The summed E-state index contributed by atoms with van der Waals surface area (Å²) >= 11 is 0. The highest BCUT2D eigenvalue weighted by molar-refractivity contribution is 5.93. The molecule has 2 aliphatic heterocycles. The number of hydrogen-bond acceptors (Lipinski definition) is 2. The second-order valence-corrected chi connectivity index (χ2v) is 6.32. The molecule has 2 heterocycles. The molecule has 0 unspecified atom stereocenters. The van der Waals surface area contributed by atoms with Gasteiger partial charge < -0.3 is 9.64 Å². The number of nitrogens with zero attached hydrogens (tertiary/aromatic N) is 1. The van der Waals surface area contributed by atoms with Gasteiger partial charge in [0.1, 0.15) is 0 Å². The van der Waals surface area contributed by atoms with Crippen LogP contribution in [0, 0.1) is 6.92 Å². The standard InChI is InChI=1S/C16H19NO2/c1-12-4-2-3-5-13(12)16(6-7-16)14(18)17-9-8-15(17)10-19-11-15/h2-5H,6-11H2,1H3. The Balaban J connectivity index is 1.65. The van der Waals surface area contributed by atoms with Crippen molar-refractivity contribution in [3.63, 3.8) is 0 Å². The Bertz CT molecular complexity index is 538. The molecule has 3 heteroatoms. The molecule has 0 N–H and O–H groups in total. The highest BCUT2D eigenvalue weighted by Gasteiger charge is 2.61. The molecule has 2 saturated heterocycles. The quantitative estimate of drug-likeness (QED) is 0.811. The van der Waals surface area contributed by atoms with Crippen molar-refractivity contribution in [2.24, 2.45) is 0 Å². The van der Waals surface area contributed by atoms with E-state index < -0.39 is 0 Å². The van der Waals surface area contributed by atoms with Crippen molar-refractivity contribution in [3.8, 4) is 0 Å². The van der Waals surface area contributed by atoms with E-state index in [1.165, 1.54) is 11.1 Å². The summed E-state index contributed by atoms with van der Waals surface area (Å²) in [4.78, 5) is 15.0. The molecule has 4 rings (SSSR count). The van der Waals surface area contributed by atoms with Crippen LogP contribution in [0.4, 0.5) is 0 Å². The lowest BCUT2D eigenvalue weighted by molar-refractivity contribution is -0.201. The van der Waals surface area contributed by atoms with Gasteiger partial charge in [0.25, 0.3) is 0 Å². The molecule has 1 aromatic rings. The van der Waals surface area contributed by atoms with E-state index in [-0.39, 0.29) is 11.0 Å². The fraction of sp³-hybridized carbons (Fsp3) is 0.562. The Labute approximate surface area is 113 Å². The van der Waals surface area contributed by atoms with Gasteiger partial charge in [0.2, 0.25) is 5.91 Å². The van der Waals surface area contributed by atoms with Gasteiger partial charge in [-0.3, -0.25) is 4.79 Å². The van der Waals surface area contributed by atoms with Crippen LogP contribution >= 0.6 is 0 Å². The summed E-state index contributed by atoms with van der Waals surface area (Å²) in [6, 6.07) is 8.34. The molecule has 0 radical (unpaired) electrons. The number of carbonyl (C=O) groups is 1. The first-order valence-electron chi connectivity index (χ1n) is 7.14. The van der Waals surface area contributed by atoms with E-state index in [4.69, 9.17) is 4.74 Å². The lowest BCUT2D eigenvalue weighted by Crippen LogP contribution is -2.73. The van der Waals surface area contributed by atoms with Crippen molar-refractivity contribution < 1.29 is 9.53 Å². The average molecular weight is 257 g/mol. The molecule has 3 aliphatic rings. The number of likely N-dealkylation sites (tertiary alicyclic amines) is 1. The monoisotopic (exact) mass is 257 g/mol. The number of benzene rings is 1. The minimum Gasteiger partial charge on any atom is -0.376 e. The van der Waals surface area contributed by atoms with Gasteiger partial charge in [0.05, 0.1) is 24.2 Å². The van der Waals surface area contributed by atoms with Crippen LogP contribution in [0.5, 0.6) is 0 Å². The fourth-order valence-corrected chi connectivity index (χ4v) is 3.59. The molecule has 3 nitrogen and oxygen atoms in total. The van der Waals surface area contributed by atoms with Gasteiger partial charge in [0.15, 0.2) is 0 Å². The maximum Gasteiger partial charge on any atom is 0.233 e. The zero-order valence-electron chi connectivity index (χ0n) is 11.3. The third-order valence-electron chi connectivity index (χ3n) is 5.18. The Hall–Kier alpha value is -1.35. The van der Waals surface area contributed by atoms with E-state index in [9.17, 15) is 4.79 Å². The van der Waals surface area contributed by atoms with Crippen LogP contribution in [0.1, 0.15) is 30.4 Å². The lowest BCUT2D eigenvalue weighted by Gasteiger charge is -2.58. The molecule has 1 saturated carbocycles. The highest BCUT2D eigenvalue weighted by atomic mass is 16.5. The average Bonchev–Trinajstić information content (AvgIpc) is 3.07. The van der Waals surface area contributed by atoms with Crippen LogP contribution in [0.15, 0.2) is 24.3 Å². The van der Waals surface area contributed by atoms with Crippen LogP contribution in [0.25, 0.3) is 0 Å². The second-order valence-electron chi connectivity index (χ2n) is 6.32. The first-order valence-corrected chi connectivity index (χ1v) is 7.14. The first kappa shape index (κ1) is 11.5.